The van der Waals surface area contributed by atoms with Gasteiger partial charge < -0.3 is 10.1 Å². The van der Waals surface area contributed by atoms with Crippen LogP contribution < -0.4 is 5.32 Å². The van der Waals surface area contributed by atoms with E-state index in [0.717, 1.165) is 19.4 Å². The Hall–Kier alpha value is -1.37. The maximum absolute atomic E-state index is 8.76. The second-order valence-electron chi connectivity index (χ2n) is 5.01. The molecule has 3 heteroatoms. The zero-order valence-electron chi connectivity index (χ0n) is 11.0. The van der Waals surface area contributed by atoms with Crippen LogP contribution in [0, 0.1) is 11.3 Å². The number of nitrogens with zero attached hydrogens (tertiary/aromatic N) is 1. The van der Waals surface area contributed by atoms with E-state index in [1.165, 1.54) is 5.56 Å². The van der Waals surface area contributed by atoms with Crippen LogP contribution >= 0.6 is 0 Å². The minimum absolute atomic E-state index is 0.289. The Labute approximate surface area is 109 Å². The van der Waals surface area contributed by atoms with Crippen molar-refractivity contribution in [3.05, 3.63) is 35.4 Å². The van der Waals surface area contributed by atoms with Crippen LogP contribution in [0.2, 0.25) is 0 Å². The average molecular weight is 244 g/mol. The number of nitrogens with one attached hydrogen (secondary N) is 1. The van der Waals surface area contributed by atoms with Gasteiger partial charge in [-0.15, -0.1) is 0 Å². The molecule has 18 heavy (non-hydrogen) atoms. The normalized spacial score (nSPS) is 24.7. The lowest BCUT2D eigenvalue weighted by Crippen LogP contribution is -2.29. The van der Waals surface area contributed by atoms with Gasteiger partial charge in [-0.25, -0.2) is 0 Å². The van der Waals surface area contributed by atoms with Crippen molar-refractivity contribution in [1.82, 2.24) is 5.32 Å². The molecule has 1 saturated heterocycles. The highest BCUT2D eigenvalue weighted by atomic mass is 16.5. The van der Waals surface area contributed by atoms with E-state index in [9.17, 15) is 0 Å². The van der Waals surface area contributed by atoms with Gasteiger partial charge >= 0.3 is 0 Å². The Kier molecular flexibility index (Phi) is 4.35. The van der Waals surface area contributed by atoms with Gasteiger partial charge in [0.2, 0.25) is 0 Å². The predicted octanol–water partition coefficient (Wildman–Crippen LogP) is 2.78. The van der Waals surface area contributed by atoms with Gasteiger partial charge in [-0.05, 0) is 44.4 Å². The van der Waals surface area contributed by atoms with Crippen LogP contribution in [-0.4, -0.2) is 18.8 Å². The summed E-state index contributed by atoms with van der Waals surface area (Å²) in [6, 6.07) is 10.2. The Morgan fingerprint density at radius 3 is 2.67 bits per heavy atom. The maximum atomic E-state index is 8.76. The summed E-state index contributed by atoms with van der Waals surface area (Å²) in [5.74, 6) is 0. The lowest BCUT2D eigenvalue weighted by molar-refractivity contribution is 0.0546. The molecule has 0 spiro atoms. The number of hydrogen-bond acceptors (Lipinski definition) is 3. The maximum Gasteiger partial charge on any atom is 0.0991 e. The molecule has 3 atom stereocenters. The van der Waals surface area contributed by atoms with Crippen molar-refractivity contribution in [1.29, 1.82) is 5.26 Å². The lowest BCUT2D eigenvalue weighted by atomic mass is 10.1. The molecule has 1 N–H and O–H groups in total. The molecule has 0 aromatic heterocycles. The van der Waals surface area contributed by atoms with Crippen LogP contribution in [0.4, 0.5) is 0 Å². The first-order chi connectivity index (χ1) is 8.69. The topological polar surface area (TPSA) is 45.0 Å². The largest absolute Gasteiger partial charge is 0.374 e. The van der Waals surface area contributed by atoms with Crippen molar-refractivity contribution in [2.45, 2.75) is 44.9 Å². The van der Waals surface area contributed by atoms with Crippen molar-refractivity contribution in [3.8, 4) is 6.07 Å². The van der Waals surface area contributed by atoms with Gasteiger partial charge in [0.25, 0.3) is 0 Å². The van der Waals surface area contributed by atoms with Crippen LogP contribution in [0.15, 0.2) is 24.3 Å². The fourth-order valence-electron chi connectivity index (χ4n) is 2.31. The number of nitriles is 1. The van der Waals surface area contributed by atoms with E-state index in [1.54, 1.807) is 0 Å². The fourth-order valence-corrected chi connectivity index (χ4v) is 2.31. The Balaban J connectivity index is 1.83. The molecule has 0 aliphatic carbocycles. The molecule has 0 amide bonds. The van der Waals surface area contributed by atoms with Gasteiger partial charge in [-0.3, -0.25) is 0 Å². The van der Waals surface area contributed by atoms with E-state index >= 15 is 0 Å². The third kappa shape index (κ3) is 3.32. The zero-order valence-corrected chi connectivity index (χ0v) is 11.0. The number of rotatable bonds is 4. The van der Waals surface area contributed by atoms with Gasteiger partial charge in [0.15, 0.2) is 0 Å². The van der Waals surface area contributed by atoms with Gasteiger partial charge in [0.1, 0.15) is 0 Å². The van der Waals surface area contributed by atoms with E-state index < -0.39 is 0 Å². The lowest BCUT2D eigenvalue weighted by Gasteiger charge is -2.18. The van der Waals surface area contributed by atoms with Gasteiger partial charge in [-0.1, -0.05) is 12.1 Å². The Bertz CT molecular complexity index is 421. The van der Waals surface area contributed by atoms with Crippen molar-refractivity contribution < 1.29 is 4.74 Å². The molecule has 1 heterocycles. The van der Waals surface area contributed by atoms with Crippen LogP contribution in [0.1, 0.15) is 43.9 Å². The average Bonchev–Trinajstić information content (AvgIpc) is 2.82. The predicted molar refractivity (Wildman–Crippen MR) is 71.1 cm³/mol. The molecule has 1 fully saturated rings. The van der Waals surface area contributed by atoms with E-state index in [4.69, 9.17) is 10.00 Å². The molecule has 2 rings (SSSR count). The summed E-state index contributed by atoms with van der Waals surface area (Å²) in [6.45, 7) is 5.16. The molecule has 0 saturated carbocycles. The third-order valence-electron chi connectivity index (χ3n) is 3.51. The van der Waals surface area contributed by atoms with E-state index in [0.29, 0.717) is 17.8 Å². The minimum Gasteiger partial charge on any atom is -0.374 e. The van der Waals surface area contributed by atoms with Gasteiger partial charge in [0.05, 0.1) is 23.8 Å². The number of hydrogen-bond donors (Lipinski definition) is 1. The highest BCUT2D eigenvalue weighted by Crippen LogP contribution is 2.19. The second-order valence-corrected chi connectivity index (χ2v) is 5.01. The Morgan fingerprint density at radius 1 is 1.39 bits per heavy atom. The quantitative estimate of drug-likeness (QED) is 0.885. The van der Waals surface area contributed by atoms with Gasteiger partial charge in [-0.2, -0.15) is 5.26 Å². The van der Waals surface area contributed by atoms with E-state index in [2.05, 4.69) is 25.2 Å². The van der Waals surface area contributed by atoms with Crippen molar-refractivity contribution >= 4 is 0 Å². The van der Waals surface area contributed by atoms with Gasteiger partial charge in [0, 0.05) is 12.6 Å². The standard InChI is InChI=1S/C15H20N2O/c1-11-3-8-15(18-11)10-17-12(2)14-6-4-13(9-16)5-7-14/h4-7,11-12,15,17H,3,8,10H2,1-2H3. The summed E-state index contributed by atoms with van der Waals surface area (Å²) in [7, 11) is 0. The molecule has 3 unspecified atom stereocenters. The summed E-state index contributed by atoms with van der Waals surface area (Å²) in [5, 5.41) is 12.2. The summed E-state index contributed by atoms with van der Waals surface area (Å²) in [4.78, 5) is 0. The van der Waals surface area contributed by atoms with Crippen LogP contribution in [0.5, 0.6) is 0 Å². The smallest absolute Gasteiger partial charge is 0.0991 e. The van der Waals surface area contributed by atoms with E-state index in [1.807, 2.05) is 24.3 Å². The molecule has 0 bridgehead atoms. The molecular weight excluding hydrogens is 224 g/mol. The van der Waals surface area contributed by atoms with Crippen LogP contribution in [0.25, 0.3) is 0 Å². The first-order valence-electron chi connectivity index (χ1n) is 6.58. The minimum atomic E-state index is 0.289. The highest BCUT2D eigenvalue weighted by molar-refractivity contribution is 5.32. The van der Waals surface area contributed by atoms with E-state index in [-0.39, 0.29) is 6.04 Å². The first-order valence-corrected chi connectivity index (χ1v) is 6.58. The molecule has 1 aromatic rings. The summed E-state index contributed by atoms with van der Waals surface area (Å²) >= 11 is 0. The molecule has 1 aromatic carbocycles. The summed E-state index contributed by atoms with van der Waals surface area (Å²) in [5.41, 5.74) is 1.92. The SMILES string of the molecule is CC1CCC(CNC(C)c2ccc(C#N)cc2)O1. The Morgan fingerprint density at radius 2 is 2.11 bits per heavy atom. The molecule has 1 aliphatic rings. The summed E-state index contributed by atoms with van der Waals surface area (Å²) < 4.78 is 5.78. The first kappa shape index (κ1) is 13.1. The third-order valence-corrected chi connectivity index (χ3v) is 3.51. The number of ether oxygens (including phenoxy) is 1. The highest BCUT2D eigenvalue weighted by Gasteiger charge is 2.21. The zero-order chi connectivity index (χ0) is 13.0. The fraction of sp³-hybridized carbons (Fsp3) is 0.533. The molecule has 3 nitrogen and oxygen atoms in total. The molecule has 1 aliphatic heterocycles. The molecule has 96 valence electrons. The van der Waals surface area contributed by atoms with Crippen molar-refractivity contribution in [2.24, 2.45) is 0 Å². The molecule has 0 radical (unpaired) electrons. The van der Waals surface area contributed by atoms with Crippen LogP contribution in [-0.2, 0) is 4.74 Å². The monoisotopic (exact) mass is 244 g/mol. The second kappa shape index (κ2) is 5.99. The number of benzene rings is 1. The molecular formula is C15H20N2O. The van der Waals surface area contributed by atoms with Crippen molar-refractivity contribution in [3.63, 3.8) is 0 Å². The van der Waals surface area contributed by atoms with Crippen molar-refractivity contribution in [2.75, 3.05) is 6.54 Å². The van der Waals surface area contributed by atoms with Crippen LogP contribution in [0.3, 0.4) is 0 Å². The summed E-state index contributed by atoms with van der Waals surface area (Å²) in [6.07, 6.45) is 3.06.